The van der Waals surface area contributed by atoms with Crippen molar-refractivity contribution < 1.29 is 29.0 Å². The number of piperidine rings is 1. The number of carboxylic acids is 1. The maximum atomic E-state index is 13.1. The Hall–Kier alpha value is -3.39. The summed E-state index contributed by atoms with van der Waals surface area (Å²) in [6, 6.07) is 15.9. The van der Waals surface area contributed by atoms with Crippen LogP contribution >= 0.6 is 0 Å². The lowest BCUT2D eigenvalue weighted by molar-refractivity contribution is -0.143. The first-order valence-corrected chi connectivity index (χ1v) is 12.2. The van der Waals surface area contributed by atoms with Gasteiger partial charge in [-0.15, -0.1) is 0 Å². The highest BCUT2D eigenvalue weighted by atomic mass is 16.6. The highest BCUT2D eigenvalue weighted by molar-refractivity contribution is 5.83. The Labute approximate surface area is 204 Å². The van der Waals surface area contributed by atoms with Crippen molar-refractivity contribution in [1.29, 1.82) is 0 Å². The van der Waals surface area contributed by atoms with Gasteiger partial charge in [-0.2, -0.15) is 0 Å². The van der Waals surface area contributed by atoms with E-state index >= 15 is 0 Å². The molecule has 2 N–H and O–H groups in total. The first kappa shape index (κ1) is 23.4. The van der Waals surface area contributed by atoms with Crippen LogP contribution in [0.1, 0.15) is 42.7 Å². The lowest BCUT2D eigenvalue weighted by atomic mass is 9.93. The number of aliphatic carboxylic acids is 1. The third kappa shape index (κ3) is 4.89. The number of nitrogens with zero attached hydrogens (tertiary/aromatic N) is 1. The van der Waals surface area contributed by atoms with Gasteiger partial charge in [0.2, 0.25) is 0 Å². The molecule has 2 saturated heterocycles. The van der Waals surface area contributed by atoms with Crippen molar-refractivity contribution in [2.45, 2.75) is 43.7 Å². The average Bonchev–Trinajstić information content (AvgIpc) is 3.45. The Morgan fingerprint density at radius 3 is 2.23 bits per heavy atom. The van der Waals surface area contributed by atoms with E-state index in [0.29, 0.717) is 39.0 Å². The van der Waals surface area contributed by atoms with Crippen LogP contribution in [0.5, 0.6) is 0 Å². The van der Waals surface area contributed by atoms with Gasteiger partial charge in [0.05, 0.1) is 6.04 Å². The highest BCUT2D eigenvalue weighted by Crippen LogP contribution is 2.44. The summed E-state index contributed by atoms with van der Waals surface area (Å²) < 4.78 is 11.3. The van der Waals surface area contributed by atoms with Crippen LogP contribution in [-0.2, 0) is 19.1 Å². The number of hydrogen-bond acceptors (Lipinski definition) is 5. The number of hydrogen-bond donors (Lipinski definition) is 2. The van der Waals surface area contributed by atoms with Crippen LogP contribution in [0.3, 0.4) is 0 Å². The van der Waals surface area contributed by atoms with Crippen molar-refractivity contribution >= 4 is 18.0 Å². The van der Waals surface area contributed by atoms with Crippen molar-refractivity contribution in [3.05, 3.63) is 59.7 Å². The Kier molecular flexibility index (Phi) is 6.72. The Balaban J connectivity index is 1.16. The molecule has 2 aromatic carbocycles. The first-order chi connectivity index (χ1) is 17.0. The van der Waals surface area contributed by atoms with E-state index in [9.17, 15) is 14.4 Å². The molecule has 0 radical (unpaired) electrons. The van der Waals surface area contributed by atoms with E-state index < -0.39 is 24.2 Å². The second-order valence-corrected chi connectivity index (χ2v) is 9.52. The van der Waals surface area contributed by atoms with Crippen LogP contribution in [0.25, 0.3) is 11.1 Å². The number of nitrogens with one attached hydrogen (secondary N) is 1. The number of carbonyl (C=O) groups is 3. The Morgan fingerprint density at radius 1 is 0.971 bits per heavy atom. The second kappa shape index (κ2) is 10.1. The minimum absolute atomic E-state index is 0.0301. The number of benzene rings is 2. The molecule has 2 heterocycles. The molecule has 2 aliphatic heterocycles. The van der Waals surface area contributed by atoms with Crippen molar-refractivity contribution in [3.8, 4) is 11.1 Å². The Bertz CT molecular complexity index is 1060. The van der Waals surface area contributed by atoms with Crippen molar-refractivity contribution in [2.75, 3.05) is 26.3 Å². The largest absolute Gasteiger partial charge is 0.481 e. The smallest absolute Gasteiger partial charge is 0.407 e. The van der Waals surface area contributed by atoms with E-state index in [1.807, 2.05) is 24.3 Å². The number of fused-ring (bicyclic) bond motifs is 3. The van der Waals surface area contributed by atoms with Gasteiger partial charge in [0.15, 0.2) is 6.10 Å². The maximum absolute atomic E-state index is 13.1. The van der Waals surface area contributed by atoms with Gasteiger partial charge in [0.1, 0.15) is 6.61 Å². The Morgan fingerprint density at radius 2 is 1.60 bits per heavy atom. The molecule has 2 atom stereocenters. The van der Waals surface area contributed by atoms with Gasteiger partial charge in [0, 0.05) is 32.0 Å². The fraction of sp³-hybridized carbons (Fsp3) is 0.444. The third-order valence-electron chi connectivity index (χ3n) is 7.37. The normalized spacial score (nSPS) is 21.9. The molecule has 2 unspecified atom stereocenters. The van der Waals surface area contributed by atoms with Gasteiger partial charge in [-0.05, 0) is 47.4 Å². The molecule has 3 aliphatic rings. The number of carbonyl (C=O) groups excluding carboxylic acids is 2. The van der Waals surface area contributed by atoms with Crippen LogP contribution in [0.2, 0.25) is 0 Å². The summed E-state index contributed by atoms with van der Waals surface area (Å²) in [4.78, 5) is 38.4. The number of alkyl carbamates (subject to hydrolysis) is 1. The molecule has 184 valence electrons. The number of rotatable bonds is 6. The molecule has 2 amide bonds. The maximum Gasteiger partial charge on any atom is 0.407 e. The zero-order chi connectivity index (χ0) is 24.4. The molecule has 0 bridgehead atoms. The number of ether oxygens (including phenoxy) is 2. The summed E-state index contributed by atoms with van der Waals surface area (Å²) in [6.45, 7) is 1.62. The molecular weight excluding hydrogens is 448 g/mol. The van der Waals surface area contributed by atoms with E-state index in [1.165, 1.54) is 11.1 Å². The number of likely N-dealkylation sites (tertiary alicyclic amines) is 1. The summed E-state index contributed by atoms with van der Waals surface area (Å²) in [5.74, 6) is -0.894. The molecule has 0 saturated carbocycles. The van der Waals surface area contributed by atoms with Gasteiger partial charge in [0.25, 0.3) is 5.91 Å². The first-order valence-electron chi connectivity index (χ1n) is 12.2. The minimum atomic E-state index is -0.804. The molecule has 35 heavy (non-hydrogen) atoms. The monoisotopic (exact) mass is 478 g/mol. The summed E-state index contributed by atoms with van der Waals surface area (Å²) in [5, 5.41) is 11.8. The predicted molar refractivity (Wildman–Crippen MR) is 128 cm³/mol. The van der Waals surface area contributed by atoms with Crippen LogP contribution in [0.4, 0.5) is 4.79 Å². The van der Waals surface area contributed by atoms with E-state index in [-0.39, 0.29) is 30.8 Å². The zero-order valence-corrected chi connectivity index (χ0v) is 19.5. The molecule has 8 heteroatoms. The van der Waals surface area contributed by atoms with E-state index in [2.05, 4.69) is 29.6 Å². The number of carboxylic acid groups (broad SMARTS) is 1. The lowest BCUT2D eigenvalue weighted by Crippen LogP contribution is -2.51. The van der Waals surface area contributed by atoms with E-state index in [1.54, 1.807) is 4.90 Å². The molecule has 5 rings (SSSR count). The summed E-state index contributed by atoms with van der Waals surface area (Å²) in [7, 11) is 0. The van der Waals surface area contributed by atoms with Crippen LogP contribution < -0.4 is 5.32 Å². The van der Waals surface area contributed by atoms with Crippen molar-refractivity contribution in [2.24, 2.45) is 5.92 Å². The highest BCUT2D eigenvalue weighted by Gasteiger charge is 2.39. The van der Waals surface area contributed by atoms with Crippen molar-refractivity contribution in [3.63, 3.8) is 0 Å². The quantitative estimate of drug-likeness (QED) is 0.659. The van der Waals surface area contributed by atoms with Crippen LogP contribution in [0.15, 0.2) is 48.5 Å². The summed E-state index contributed by atoms with van der Waals surface area (Å²) in [5.41, 5.74) is 4.62. The van der Waals surface area contributed by atoms with Gasteiger partial charge >= 0.3 is 12.1 Å². The molecule has 0 spiro atoms. The SMILES string of the molecule is O=C(O)CC1CCN(C(=O)C2OCCC2NC(=O)OCC2c3ccccc3-c3ccccc32)CC1. The second-order valence-electron chi connectivity index (χ2n) is 9.52. The summed E-state index contributed by atoms with van der Waals surface area (Å²) >= 11 is 0. The van der Waals surface area contributed by atoms with Crippen LogP contribution in [0, 0.1) is 5.92 Å². The number of amides is 2. The van der Waals surface area contributed by atoms with E-state index in [0.717, 1.165) is 11.1 Å². The third-order valence-corrected chi connectivity index (χ3v) is 7.37. The minimum Gasteiger partial charge on any atom is -0.481 e. The zero-order valence-electron chi connectivity index (χ0n) is 19.5. The van der Waals surface area contributed by atoms with Gasteiger partial charge < -0.3 is 24.8 Å². The molecule has 2 fully saturated rings. The lowest BCUT2D eigenvalue weighted by Gasteiger charge is -2.33. The van der Waals surface area contributed by atoms with Gasteiger partial charge in [-0.1, -0.05) is 48.5 Å². The van der Waals surface area contributed by atoms with Crippen LogP contribution in [-0.4, -0.2) is 66.4 Å². The molecule has 1 aliphatic carbocycles. The molecule has 2 aromatic rings. The van der Waals surface area contributed by atoms with Gasteiger partial charge in [-0.25, -0.2) is 4.79 Å². The standard InChI is InChI=1S/C27H30N2O6/c30-24(31)15-17-9-12-29(13-10-17)26(32)25-23(11-14-34-25)28-27(33)35-16-22-20-7-3-1-5-18(20)19-6-2-4-8-21(19)22/h1-8,17,22-23,25H,9-16H2,(H,28,33)(H,30,31). The molecular formula is C27H30N2O6. The molecule has 0 aromatic heterocycles. The fourth-order valence-corrected chi connectivity index (χ4v) is 5.56. The predicted octanol–water partition coefficient (Wildman–Crippen LogP) is 3.40. The average molecular weight is 479 g/mol. The summed E-state index contributed by atoms with van der Waals surface area (Å²) in [6.07, 6.45) is 0.695. The van der Waals surface area contributed by atoms with Gasteiger partial charge in [-0.3, -0.25) is 9.59 Å². The topological polar surface area (TPSA) is 105 Å². The molecule has 8 nitrogen and oxygen atoms in total. The van der Waals surface area contributed by atoms with Crippen molar-refractivity contribution in [1.82, 2.24) is 10.2 Å². The van der Waals surface area contributed by atoms with E-state index in [4.69, 9.17) is 14.6 Å². The fourth-order valence-electron chi connectivity index (χ4n) is 5.56.